The molecule has 5 heteroatoms. The molecule has 0 saturated carbocycles. The zero-order valence-corrected chi connectivity index (χ0v) is 14.8. The number of carbonyl (C=O) groups is 1. The predicted molar refractivity (Wildman–Crippen MR) is 94.6 cm³/mol. The largest absolute Gasteiger partial charge is 0.393 e. The second-order valence-corrected chi connectivity index (χ2v) is 7.23. The highest BCUT2D eigenvalue weighted by Gasteiger charge is 2.36. The summed E-state index contributed by atoms with van der Waals surface area (Å²) in [4.78, 5) is 19.9. The molecule has 3 rings (SSSR count). The van der Waals surface area contributed by atoms with Crippen molar-refractivity contribution in [1.82, 2.24) is 14.7 Å². The predicted octanol–water partition coefficient (Wildman–Crippen LogP) is 1.20. The van der Waals surface area contributed by atoms with Gasteiger partial charge in [0.05, 0.1) is 6.10 Å². The summed E-state index contributed by atoms with van der Waals surface area (Å²) >= 11 is 0. The Bertz CT molecular complexity index is 541. The van der Waals surface area contributed by atoms with Crippen LogP contribution in [0.2, 0.25) is 0 Å². The molecule has 2 saturated heterocycles. The average molecular weight is 331 g/mol. The highest BCUT2D eigenvalue weighted by Crippen LogP contribution is 2.28. The average Bonchev–Trinajstić information content (AvgIpc) is 3.08. The molecular weight excluding hydrogens is 302 g/mol. The van der Waals surface area contributed by atoms with E-state index in [2.05, 4.69) is 29.0 Å². The zero-order valence-electron chi connectivity index (χ0n) is 14.8. The van der Waals surface area contributed by atoms with Crippen LogP contribution in [0.25, 0.3) is 0 Å². The van der Waals surface area contributed by atoms with Crippen molar-refractivity contribution < 1.29 is 9.90 Å². The van der Waals surface area contributed by atoms with E-state index in [1.54, 1.807) is 0 Å². The summed E-state index contributed by atoms with van der Waals surface area (Å²) in [5.74, 6) is 0.395. The topological polar surface area (TPSA) is 47.0 Å². The third-order valence-corrected chi connectivity index (χ3v) is 5.47. The Morgan fingerprint density at radius 1 is 1.12 bits per heavy atom. The Kier molecular flexibility index (Phi) is 5.54. The summed E-state index contributed by atoms with van der Waals surface area (Å²) in [7, 11) is 2.13. The van der Waals surface area contributed by atoms with Gasteiger partial charge in [0, 0.05) is 45.2 Å². The maximum Gasteiger partial charge on any atom is 0.244 e. The number of likely N-dealkylation sites (N-methyl/N-ethyl adjacent to an activating group) is 1. The molecule has 1 aromatic carbocycles. The standard InChI is InChI=1S/C19H29N3O2/c1-15(23)17-8-9-22(14-17)19(24)18(16-6-4-3-5-7-16)21-12-10-20(2)11-13-21/h3-7,15,17-18,23H,8-14H2,1-2H3. The molecule has 1 N–H and O–H groups in total. The van der Waals surface area contributed by atoms with Gasteiger partial charge in [-0.2, -0.15) is 0 Å². The highest BCUT2D eigenvalue weighted by atomic mass is 16.3. The summed E-state index contributed by atoms with van der Waals surface area (Å²) in [5.41, 5.74) is 1.08. The highest BCUT2D eigenvalue weighted by molar-refractivity contribution is 5.83. The fraction of sp³-hybridized carbons (Fsp3) is 0.632. The van der Waals surface area contributed by atoms with E-state index in [1.165, 1.54) is 0 Å². The third-order valence-electron chi connectivity index (χ3n) is 5.47. The Hall–Kier alpha value is -1.43. The van der Waals surface area contributed by atoms with Crippen LogP contribution in [0.3, 0.4) is 0 Å². The number of hydrogen-bond acceptors (Lipinski definition) is 4. The molecule has 2 fully saturated rings. The summed E-state index contributed by atoms with van der Waals surface area (Å²) < 4.78 is 0. The van der Waals surface area contributed by atoms with Crippen molar-refractivity contribution in [3.8, 4) is 0 Å². The molecule has 1 amide bonds. The number of likely N-dealkylation sites (tertiary alicyclic amines) is 1. The molecule has 0 aliphatic carbocycles. The minimum absolute atomic E-state index is 0.189. The lowest BCUT2D eigenvalue weighted by Crippen LogP contribution is -2.50. The van der Waals surface area contributed by atoms with E-state index in [0.717, 1.165) is 44.7 Å². The molecule has 0 aromatic heterocycles. The molecule has 2 aliphatic rings. The Balaban J connectivity index is 1.78. The molecule has 3 unspecified atom stereocenters. The Morgan fingerprint density at radius 2 is 1.79 bits per heavy atom. The van der Waals surface area contributed by atoms with E-state index in [-0.39, 0.29) is 24.0 Å². The van der Waals surface area contributed by atoms with Gasteiger partial charge < -0.3 is 14.9 Å². The number of benzene rings is 1. The van der Waals surface area contributed by atoms with Gasteiger partial charge in [0.2, 0.25) is 5.91 Å². The van der Waals surface area contributed by atoms with E-state index in [0.29, 0.717) is 6.54 Å². The number of nitrogens with zero attached hydrogens (tertiary/aromatic N) is 3. The molecule has 132 valence electrons. The van der Waals surface area contributed by atoms with Crippen molar-refractivity contribution in [3.63, 3.8) is 0 Å². The molecule has 2 heterocycles. The number of amides is 1. The van der Waals surface area contributed by atoms with Crippen molar-refractivity contribution in [1.29, 1.82) is 0 Å². The van der Waals surface area contributed by atoms with Crippen LogP contribution >= 0.6 is 0 Å². The second-order valence-electron chi connectivity index (χ2n) is 7.23. The van der Waals surface area contributed by atoms with Crippen LogP contribution in [0.15, 0.2) is 30.3 Å². The van der Waals surface area contributed by atoms with Crippen molar-refractivity contribution in [2.45, 2.75) is 25.5 Å². The molecule has 0 bridgehead atoms. The number of aliphatic hydroxyl groups excluding tert-OH is 1. The Morgan fingerprint density at radius 3 is 2.38 bits per heavy atom. The fourth-order valence-corrected chi connectivity index (χ4v) is 3.78. The van der Waals surface area contributed by atoms with Crippen LogP contribution in [0.1, 0.15) is 24.9 Å². The van der Waals surface area contributed by atoms with Gasteiger partial charge in [0.1, 0.15) is 6.04 Å². The zero-order chi connectivity index (χ0) is 17.1. The van der Waals surface area contributed by atoms with E-state index in [1.807, 2.05) is 30.0 Å². The molecular formula is C19H29N3O2. The minimum Gasteiger partial charge on any atom is -0.393 e. The van der Waals surface area contributed by atoms with Crippen LogP contribution < -0.4 is 0 Å². The van der Waals surface area contributed by atoms with Crippen LogP contribution in [0.5, 0.6) is 0 Å². The van der Waals surface area contributed by atoms with Gasteiger partial charge in [-0.3, -0.25) is 9.69 Å². The van der Waals surface area contributed by atoms with Gasteiger partial charge in [-0.1, -0.05) is 30.3 Å². The molecule has 24 heavy (non-hydrogen) atoms. The summed E-state index contributed by atoms with van der Waals surface area (Å²) in [6.45, 7) is 7.07. The first kappa shape index (κ1) is 17.4. The van der Waals surface area contributed by atoms with Crippen LogP contribution in [-0.2, 0) is 4.79 Å². The van der Waals surface area contributed by atoms with Crippen molar-refractivity contribution in [2.24, 2.45) is 5.92 Å². The summed E-state index contributed by atoms with van der Waals surface area (Å²) in [6.07, 6.45) is 0.551. The van der Waals surface area contributed by atoms with Crippen LogP contribution in [0, 0.1) is 5.92 Å². The monoisotopic (exact) mass is 331 g/mol. The lowest BCUT2D eigenvalue weighted by molar-refractivity contribution is -0.137. The molecule has 3 atom stereocenters. The number of hydrogen-bond donors (Lipinski definition) is 1. The maximum atomic E-state index is 13.3. The third kappa shape index (κ3) is 3.79. The fourth-order valence-electron chi connectivity index (χ4n) is 3.78. The first-order valence-electron chi connectivity index (χ1n) is 9.00. The summed E-state index contributed by atoms with van der Waals surface area (Å²) in [6, 6.07) is 9.93. The molecule has 0 spiro atoms. The second kappa shape index (κ2) is 7.64. The summed E-state index contributed by atoms with van der Waals surface area (Å²) in [5, 5.41) is 9.83. The smallest absolute Gasteiger partial charge is 0.244 e. The minimum atomic E-state index is -0.346. The lowest BCUT2D eigenvalue weighted by atomic mass is 10.0. The molecule has 1 aromatic rings. The molecule has 5 nitrogen and oxygen atoms in total. The van der Waals surface area contributed by atoms with Crippen molar-refractivity contribution in [2.75, 3.05) is 46.3 Å². The first-order valence-corrected chi connectivity index (χ1v) is 9.00. The molecule has 0 radical (unpaired) electrons. The van der Waals surface area contributed by atoms with Gasteiger partial charge >= 0.3 is 0 Å². The van der Waals surface area contributed by atoms with E-state index in [4.69, 9.17) is 0 Å². The van der Waals surface area contributed by atoms with Crippen LogP contribution in [0.4, 0.5) is 0 Å². The SMILES string of the molecule is CC(O)C1CCN(C(=O)C(c2ccccc2)N2CCN(C)CC2)C1. The Labute approximate surface area is 144 Å². The van der Waals surface area contributed by atoms with Gasteiger partial charge in [0.15, 0.2) is 0 Å². The van der Waals surface area contributed by atoms with Gasteiger partial charge in [-0.25, -0.2) is 0 Å². The number of rotatable bonds is 4. The van der Waals surface area contributed by atoms with E-state index in [9.17, 15) is 9.90 Å². The maximum absolute atomic E-state index is 13.3. The first-order chi connectivity index (χ1) is 11.6. The van der Waals surface area contributed by atoms with Gasteiger partial charge in [0.25, 0.3) is 0 Å². The van der Waals surface area contributed by atoms with Crippen molar-refractivity contribution >= 4 is 5.91 Å². The normalized spacial score (nSPS) is 25.6. The van der Waals surface area contributed by atoms with E-state index < -0.39 is 0 Å². The number of carbonyl (C=O) groups excluding carboxylic acids is 1. The van der Waals surface area contributed by atoms with Gasteiger partial charge in [-0.15, -0.1) is 0 Å². The lowest BCUT2D eigenvalue weighted by Gasteiger charge is -2.38. The van der Waals surface area contributed by atoms with E-state index >= 15 is 0 Å². The van der Waals surface area contributed by atoms with Gasteiger partial charge in [-0.05, 0) is 26.0 Å². The van der Waals surface area contributed by atoms with Crippen molar-refractivity contribution in [3.05, 3.63) is 35.9 Å². The van der Waals surface area contributed by atoms with Crippen LogP contribution in [-0.4, -0.2) is 78.1 Å². The number of aliphatic hydroxyl groups is 1. The molecule has 2 aliphatic heterocycles. The number of piperazine rings is 1. The quantitative estimate of drug-likeness (QED) is 0.901.